The van der Waals surface area contributed by atoms with Crippen LogP contribution in [0.25, 0.3) is 11.1 Å². The summed E-state index contributed by atoms with van der Waals surface area (Å²) >= 11 is 4.67. The summed E-state index contributed by atoms with van der Waals surface area (Å²) in [6.07, 6.45) is 18.5. The van der Waals surface area contributed by atoms with E-state index >= 15 is 0 Å². The molecule has 0 N–H and O–H groups in total. The summed E-state index contributed by atoms with van der Waals surface area (Å²) in [6, 6.07) is 17.5. The Labute approximate surface area is 195 Å². The number of unbranched alkanes of at least 4 members (excludes halogenated alkanes) is 7. The van der Waals surface area contributed by atoms with E-state index in [4.69, 9.17) is 0 Å². The normalized spacial score (nSPS) is 18.5. The molecule has 0 bridgehead atoms. The number of aliphatic imine (C=N–C) groups is 1. The number of thiocarbonyl (C=S) groups is 1. The molecule has 2 aromatic rings. The van der Waals surface area contributed by atoms with Crippen LogP contribution in [0.2, 0.25) is 0 Å². The Kier molecular flexibility index (Phi) is 10.5. The fraction of sp³-hybridized carbons (Fsp3) is 0.552. The summed E-state index contributed by atoms with van der Waals surface area (Å²) < 4.78 is 0. The molecule has 0 saturated heterocycles. The second kappa shape index (κ2) is 13.6. The molecule has 0 amide bonds. The summed E-state index contributed by atoms with van der Waals surface area (Å²) in [6.45, 7) is 2.30. The zero-order valence-corrected chi connectivity index (χ0v) is 20.1. The first-order chi connectivity index (χ1) is 15.3. The second-order valence-electron chi connectivity index (χ2n) is 9.35. The lowest BCUT2D eigenvalue weighted by Crippen LogP contribution is -2.13. The van der Waals surface area contributed by atoms with E-state index in [1.165, 1.54) is 100 Å². The van der Waals surface area contributed by atoms with Gasteiger partial charge in [-0.2, -0.15) is 4.99 Å². The summed E-state index contributed by atoms with van der Waals surface area (Å²) in [5.74, 6) is 1.73. The highest BCUT2D eigenvalue weighted by Gasteiger charge is 2.22. The van der Waals surface area contributed by atoms with E-state index in [-0.39, 0.29) is 0 Å². The molecule has 1 nitrogen and oxygen atoms in total. The lowest BCUT2D eigenvalue weighted by molar-refractivity contribution is 0.302. The zero-order chi connectivity index (χ0) is 21.7. The number of hydrogen-bond donors (Lipinski definition) is 0. The second-order valence-corrected chi connectivity index (χ2v) is 9.54. The number of rotatable bonds is 12. The van der Waals surface area contributed by atoms with Gasteiger partial charge in [0.25, 0.3) is 0 Å². The van der Waals surface area contributed by atoms with E-state index in [0.29, 0.717) is 0 Å². The standard InChI is InChI=1S/C29H39NS/c1-2-3-4-5-6-7-8-9-10-24-11-13-25(14-12-24)26-15-17-27(18-16-26)28-19-21-29(22-20-28)30-23-31/h15-22,24-25H,2-14H2,1H3. The van der Waals surface area contributed by atoms with Gasteiger partial charge in [-0.15, -0.1) is 0 Å². The fourth-order valence-electron chi connectivity index (χ4n) is 5.08. The smallest absolute Gasteiger partial charge is 0.0739 e. The van der Waals surface area contributed by atoms with Crippen molar-refractivity contribution in [3.8, 4) is 11.1 Å². The quantitative estimate of drug-likeness (QED) is 0.184. The van der Waals surface area contributed by atoms with Crippen molar-refractivity contribution in [2.45, 2.75) is 96.3 Å². The Morgan fingerprint density at radius 2 is 1.29 bits per heavy atom. The molecule has 31 heavy (non-hydrogen) atoms. The van der Waals surface area contributed by atoms with Crippen LogP contribution in [-0.4, -0.2) is 5.16 Å². The Bertz CT molecular complexity index is 794. The van der Waals surface area contributed by atoms with E-state index in [1.807, 2.05) is 12.1 Å². The van der Waals surface area contributed by atoms with Crippen molar-refractivity contribution < 1.29 is 0 Å². The van der Waals surface area contributed by atoms with Gasteiger partial charge < -0.3 is 0 Å². The Balaban J connectivity index is 1.37. The molecule has 166 valence electrons. The molecule has 2 heteroatoms. The summed E-state index contributed by atoms with van der Waals surface area (Å²) in [7, 11) is 0. The minimum absolute atomic E-state index is 0.753. The number of nitrogens with zero attached hydrogens (tertiary/aromatic N) is 1. The van der Waals surface area contributed by atoms with Gasteiger partial charge in [-0.1, -0.05) is 101 Å². The van der Waals surface area contributed by atoms with Crippen LogP contribution in [0, 0.1) is 5.92 Å². The molecule has 0 aromatic heterocycles. The molecular formula is C29H39NS. The van der Waals surface area contributed by atoms with Crippen LogP contribution in [0.15, 0.2) is 53.5 Å². The van der Waals surface area contributed by atoms with E-state index < -0.39 is 0 Å². The van der Waals surface area contributed by atoms with Gasteiger partial charge in [0, 0.05) is 0 Å². The van der Waals surface area contributed by atoms with Gasteiger partial charge in [0.1, 0.15) is 0 Å². The number of isothiocyanates is 1. The van der Waals surface area contributed by atoms with Gasteiger partial charge in [0.2, 0.25) is 0 Å². The van der Waals surface area contributed by atoms with Crippen molar-refractivity contribution in [1.29, 1.82) is 0 Å². The Morgan fingerprint density at radius 1 is 0.742 bits per heavy atom. The van der Waals surface area contributed by atoms with Crippen molar-refractivity contribution >= 4 is 23.1 Å². The van der Waals surface area contributed by atoms with Crippen LogP contribution in [0.1, 0.15) is 102 Å². The van der Waals surface area contributed by atoms with E-state index in [9.17, 15) is 0 Å². The number of hydrogen-bond acceptors (Lipinski definition) is 2. The Morgan fingerprint density at radius 3 is 1.87 bits per heavy atom. The number of benzene rings is 2. The Hall–Kier alpha value is -1.76. The average Bonchev–Trinajstić information content (AvgIpc) is 2.82. The van der Waals surface area contributed by atoms with Crippen molar-refractivity contribution in [1.82, 2.24) is 0 Å². The predicted molar refractivity (Wildman–Crippen MR) is 138 cm³/mol. The van der Waals surface area contributed by atoms with Gasteiger partial charge >= 0.3 is 0 Å². The maximum atomic E-state index is 4.67. The molecule has 0 atom stereocenters. The average molecular weight is 434 g/mol. The van der Waals surface area contributed by atoms with E-state index in [2.05, 4.69) is 65.7 Å². The van der Waals surface area contributed by atoms with Gasteiger partial charge in [0.05, 0.1) is 10.8 Å². The van der Waals surface area contributed by atoms with Crippen LogP contribution in [0.5, 0.6) is 0 Å². The molecule has 1 saturated carbocycles. The molecular weight excluding hydrogens is 394 g/mol. The maximum Gasteiger partial charge on any atom is 0.0739 e. The first-order valence-corrected chi connectivity index (χ1v) is 13.0. The molecule has 0 heterocycles. The highest BCUT2D eigenvalue weighted by molar-refractivity contribution is 7.78. The van der Waals surface area contributed by atoms with Crippen LogP contribution >= 0.6 is 12.2 Å². The minimum Gasteiger partial charge on any atom is -0.195 e. The molecule has 0 spiro atoms. The molecule has 3 rings (SSSR count). The van der Waals surface area contributed by atoms with Gasteiger partial charge in [0.15, 0.2) is 0 Å². The maximum absolute atomic E-state index is 4.67. The summed E-state index contributed by atoms with van der Waals surface area (Å²) in [4.78, 5) is 4.03. The summed E-state index contributed by atoms with van der Waals surface area (Å²) in [5.41, 5.74) is 4.88. The van der Waals surface area contributed by atoms with Crippen molar-refractivity contribution in [3.63, 3.8) is 0 Å². The minimum atomic E-state index is 0.753. The first kappa shape index (κ1) is 23.9. The highest BCUT2D eigenvalue weighted by Crippen LogP contribution is 2.38. The third kappa shape index (κ3) is 8.02. The summed E-state index contributed by atoms with van der Waals surface area (Å²) in [5, 5.41) is 2.42. The van der Waals surface area contributed by atoms with E-state index in [0.717, 1.165) is 17.5 Å². The van der Waals surface area contributed by atoms with Gasteiger partial charge in [-0.05, 0) is 78.6 Å². The largest absolute Gasteiger partial charge is 0.195 e. The topological polar surface area (TPSA) is 12.4 Å². The first-order valence-electron chi connectivity index (χ1n) is 12.6. The molecule has 0 unspecified atom stereocenters. The van der Waals surface area contributed by atoms with Crippen LogP contribution < -0.4 is 0 Å². The molecule has 1 fully saturated rings. The van der Waals surface area contributed by atoms with Crippen molar-refractivity contribution in [3.05, 3.63) is 54.1 Å². The van der Waals surface area contributed by atoms with Crippen LogP contribution in [0.3, 0.4) is 0 Å². The van der Waals surface area contributed by atoms with Crippen LogP contribution in [0.4, 0.5) is 5.69 Å². The van der Waals surface area contributed by atoms with Crippen molar-refractivity contribution in [2.75, 3.05) is 0 Å². The zero-order valence-electron chi connectivity index (χ0n) is 19.3. The predicted octanol–water partition coefficient (Wildman–Crippen LogP) is 9.89. The molecule has 0 radical (unpaired) electrons. The molecule has 2 aromatic carbocycles. The third-order valence-electron chi connectivity index (χ3n) is 7.07. The molecule has 1 aliphatic rings. The van der Waals surface area contributed by atoms with Crippen molar-refractivity contribution in [2.24, 2.45) is 10.9 Å². The van der Waals surface area contributed by atoms with Gasteiger partial charge in [-0.25, -0.2) is 0 Å². The van der Waals surface area contributed by atoms with E-state index in [1.54, 1.807) is 0 Å². The SMILES string of the molecule is CCCCCCCCCCC1CCC(c2ccc(-c3ccc(N=C=S)cc3)cc2)CC1. The van der Waals surface area contributed by atoms with Crippen LogP contribution in [-0.2, 0) is 0 Å². The van der Waals surface area contributed by atoms with Gasteiger partial charge in [-0.3, -0.25) is 0 Å². The lowest BCUT2D eigenvalue weighted by atomic mass is 9.77. The lowest BCUT2D eigenvalue weighted by Gasteiger charge is -2.29. The third-order valence-corrected chi connectivity index (χ3v) is 7.16. The highest BCUT2D eigenvalue weighted by atomic mass is 32.1. The molecule has 0 aliphatic heterocycles. The monoisotopic (exact) mass is 433 g/mol. The fourth-order valence-corrected chi connectivity index (χ4v) is 5.19. The molecule has 1 aliphatic carbocycles.